The van der Waals surface area contributed by atoms with Crippen LogP contribution in [0.4, 0.5) is 5.69 Å². The molecule has 0 saturated heterocycles. The third-order valence-corrected chi connectivity index (χ3v) is 3.47. The van der Waals surface area contributed by atoms with Crippen LogP contribution in [-0.2, 0) is 16.0 Å². The van der Waals surface area contributed by atoms with E-state index in [2.05, 4.69) is 4.98 Å². The van der Waals surface area contributed by atoms with Crippen LogP contribution in [0.1, 0.15) is 28.9 Å². The molecule has 3 rings (SSSR count). The number of para-hydroxylation sites is 1. The lowest BCUT2D eigenvalue weighted by molar-refractivity contribution is -0.134. The Labute approximate surface area is 137 Å². The van der Waals surface area contributed by atoms with Gasteiger partial charge in [-0.3, -0.25) is 9.78 Å². The van der Waals surface area contributed by atoms with Crippen LogP contribution >= 0.6 is 0 Å². The molecule has 0 atom stereocenters. The van der Waals surface area contributed by atoms with Gasteiger partial charge in [0.25, 0.3) is 0 Å². The fraction of sp³-hybridized carbons (Fsp3) is 0.176. The number of Topliss-reactive ketones (excluding diaryl/α,β-unsaturated/α-hetero) is 1. The van der Waals surface area contributed by atoms with E-state index in [0.717, 1.165) is 29.4 Å². The largest absolute Gasteiger partial charge is 0.478 e. The van der Waals surface area contributed by atoms with Crippen molar-refractivity contribution in [1.29, 1.82) is 0 Å². The minimum atomic E-state index is -1.26. The minimum Gasteiger partial charge on any atom is -0.478 e. The van der Waals surface area contributed by atoms with E-state index >= 15 is 0 Å². The first-order valence-electron chi connectivity index (χ1n) is 7.24. The molecule has 1 aliphatic carbocycles. The summed E-state index contributed by atoms with van der Waals surface area (Å²) in [5.41, 5.74) is 9.08. The molecule has 0 radical (unpaired) electrons. The summed E-state index contributed by atoms with van der Waals surface area (Å²) in [6, 6.07) is 7.71. The predicted molar refractivity (Wildman–Crippen MR) is 87.8 cm³/mol. The number of carbonyl (C=O) groups is 3. The van der Waals surface area contributed by atoms with Gasteiger partial charge in [-0.2, -0.15) is 0 Å². The van der Waals surface area contributed by atoms with Crippen molar-refractivity contribution in [2.45, 2.75) is 19.3 Å². The zero-order valence-corrected chi connectivity index (χ0v) is 12.7. The van der Waals surface area contributed by atoms with Crippen LogP contribution in [0.5, 0.6) is 0 Å². The fourth-order valence-corrected chi connectivity index (χ4v) is 2.47. The molecule has 0 amide bonds. The second-order valence-corrected chi connectivity index (χ2v) is 5.15. The van der Waals surface area contributed by atoms with Gasteiger partial charge < -0.3 is 15.9 Å². The SMILES string of the molecule is Nc1c2c(nc3ccccc13)CCCC2=O.O=C(O)/C=C/C(=O)O. The molecule has 1 heterocycles. The summed E-state index contributed by atoms with van der Waals surface area (Å²) in [6.45, 7) is 0. The summed E-state index contributed by atoms with van der Waals surface area (Å²) < 4.78 is 0. The van der Waals surface area contributed by atoms with Gasteiger partial charge in [-0.15, -0.1) is 0 Å². The van der Waals surface area contributed by atoms with Gasteiger partial charge >= 0.3 is 11.9 Å². The Balaban J connectivity index is 0.000000224. The van der Waals surface area contributed by atoms with Crippen LogP contribution in [-0.4, -0.2) is 32.9 Å². The first-order valence-corrected chi connectivity index (χ1v) is 7.24. The molecule has 1 aromatic carbocycles. The van der Waals surface area contributed by atoms with Gasteiger partial charge in [-0.25, -0.2) is 9.59 Å². The molecule has 0 unspecified atom stereocenters. The van der Waals surface area contributed by atoms with Crippen LogP contribution < -0.4 is 5.73 Å². The first kappa shape index (κ1) is 17.1. The number of carboxylic acid groups (broad SMARTS) is 2. The highest BCUT2D eigenvalue weighted by molar-refractivity contribution is 6.09. The number of carboxylic acids is 2. The Morgan fingerprint density at radius 2 is 1.71 bits per heavy atom. The molecule has 124 valence electrons. The van der Waals surface area contributed by atoms with Gasteiger partial charge in [0.05, 0.1) is 22.5 Å². The number of ketones is 1. The molecule has 0 spiro atoms. The van der Waals surface area contributed by atoms with Crippen molar-refractivity contribution in [2.24, 2.45) is 0 Å². The number of aliphatic carboxylic acids is 2. The van der Waals surface area contributed by atoms with Crippen LogP contribution in [0, 0.1) is 0 Å². The zero-order valence-electron chi connectivity index (χ0n) is 12.7. The number of hydrogen-bond acceptors (Lipinski definition) is 5. The maximum atomic E-state index is 11.8. The highest BCUT2D eigenvalue weighted by atomic mass is 16.4. The van der Waals surface area contributed by atoms with Crippen molar-refractivity contribution in [1.82, 2.24) is 4.98 Å². The monoisotopic (exact) mass is 328 g/mol. The Kier molecular flexibility index (Phi) is 5.26. The van der Waals surface area contributed by atoms with E-state index in [1.54, 1.807) is 0 Å². The number of aryl methyl sites for hydroxylation is 1. The number of nitrogens with zero attached hydrogens (tertiary/aromatic N) is 1. The molecule has 7 heteroatoms. The summed E-state index contributed by atoms with van der Waals surface area (Å²) in [5, 5.41) is 16.5. The predicted octanol–water partition coefficient (Wildman–Crippen LogP) is 2.05. The van der Waals surface area contributed by atoms with Gasteiger partial charge in [0, 0.05) is 24.0 Å². The normalized spacial score (nSPS) is 13.2. The smallest absolute Gasteiger partial charge is 0.328 e. The number of aromatic nitrogens is 1. The standard InChI is InChI=1S/C13H12N2O.C4H4O4/c14-13-8-4-1-2-5-9(8)15-10-6-3-7-11(16)12(10)13;5-3(6)1-2-4(7)8/h1-2,4-5H,3,6-7H2,(H2,14,15);1-2H,(H,5,6)(H,7,8)/b;2-1+. The van der Waals surface area contributed by atoms with Crippen LogP contribution in [0.15, 0.2) is 36.4 Å². The molecule has 0 saturated carbocycles. The molecule has 0 bridgehead atoms. The zero-order chi connectivity index (χ0) is 17.7. The maximum absolute atomic E-state index is 11.8. The molecule has 0 fully saturated rings. The van der Waals surface area contributed by atoms with E-state index in [4.69, 9.17) is 15.9 Å². The molecule has 24 heavy (non-hydrogen) atoms. The molecule has 7 nitrogen and oxygen atoms in total. The number of hydrogen-bond donors (Lipinski definition) is 3. The van der Waals surface area contributed by atoms with Crippen molar-refractivity contribution in [3.8, 4) is 0 Å². The van der Waals surface area contributed by atoms with Gasteiger partial charge in [0.15, 0.2) is 5.78 Å². The molecular formula is C17H16N2O5. The third kappa shape index (κ3) is 3.95. The minimum absolute atomic E-state index is 0.136. The number of rotatable bonds is 2. The number of carbonyl (C=O) groups excluding carboxylic acids is 1. The number of nitrogen functional groups attached to an aromatic ring is 1. The lowest BCUT2D eigenvalue weighted by atomic mass is 9.92. The number of fused-ring (bicyclic) bond motifs is 2. The molecule has 2 aromatic rings. The van der Waals surface area contributed by atoms with Crippen molar-refractivity contribution in [2.75, 3.05) is 5.73 Å². The van der Waals surface area contributed by atoms with E-state index in [1.807, 2.05) is 24.3 Å². The van der Waals surface area contributed by atoms with E-state index in [1.165, 1.54) is 0 Å². The van der Waals surface area contributed by atoms with Crippen LogP contribution in [0.3, 0.4) is 0 Å². The van der Waals surface area contributed by atoms with E-state index in [9.17, 15) is 14.4 Å². The van der Waals surface area contributed by atoms with E-state index in [-0.39, 0.29) is 5.78 Å². The second-order valence-electron chi connectivity index (χ2n) is 5.15. The summed E-state index contributed by atoms with van der Waals surface area (Å²) in [4.78, 5) is 35.5. The molecule has 1 aromatic heterocycles. The van der Waals surface area contributed by atoms with E-state index in [0.29, 0.717) is 29.8 Å². The van der Waals surface area contributed by atoms with Gasteiger partial charge in [0.2, 0.25) is 0 Å². The van der Waals surface area contributed by atoms with Crippen molar-refractivity contribution >= 4 is 34.3 Å². The Morgan fingerprint density at radius 3 is 2.33 bits per heavy atom. The Hall–Kier alpha value is -3.22. The molecular weight excluding hydrogens is 312 g/mol. The van der Waals surface area contributed by atoms with Crippen LogP contribution in [0.2, 0.25) is 0 Å². The van der Waals surface area contributed by atoms with Gasteiger partial charge in [-0.1, -0.05) is 18.2 Å². The average Bonchev–Trinajstić information content (AvgIpc) is 2.54. The number of anilines is 1. The van der Waals surface area contributed by atoms with Crippen LogP contribution in [0.25, 0.3) is 10.9 Å². The first-order chi connectivity index (χ1) is 11.4. The number of pyridine rings is 1. The second kappa shape index (κ2) is 7.36. The summed E-state index contributed by atoms with van der Waals surface area (Å²) in [6.07, 6.45) is 3.45. The molecule has 4 N–H and O–H groups in total. The van der Waals surface area contributed by atoms with Gasteiger partial charge in [-0.05, 0) is 18.9 Å². The maximum Gasteiger partial charge on any atom is 0.328 e. The summed E-state index contributed by atoms with van der Waals surface area (Å²) >= 11 is 0. The number of nitrogens with two attached hydrogens (primary N) is 1. The lowest BCUT2D eigenvalue weighted by Gasteiger charge is -2.17. The quantitative estimate of drug-likeness (QED) is 0.719. The fourth-order valence-electron chi connectivity index (χ4n) is 2.47. The van der Waals surface area contributed by atoms with Crippen molar-refractivity contribution in [3.63, 3.8) is 0 Å². The third-order valence-electron chi connectivity index (χ3n) is 3.47. The highest BCUT2D eigenvalue weighted by Crippen LogP contribution is 2.30. The topological polar surface area (TPSA) is 131 Å². The number of benzene rings is 1. The lowest BCUT2D eigenvalue weighted by Crippen LogP contribution is -2.15. The Bertz CT molecular complexity index is 826. The van der Waals surface area contributed by atoms with E-state index < -0.39 is 11.9 Å². The molecule has 0 aliphatic heterocycles. The highest BCUT2D eigenvalue weighted by Gasteiger charge is 2.22. The van der Waals surface area contributed by atoms with Crippen molar-refractivity contribution in [3.05, 3.63) is 47.7 Å². The molecule has 1 aliphatic rings. The van der Waals surface area contributed by atoms with Gasteiger partial charge in [0.1, 0.15) is 0 Å². The average molecular weight is 328 g/mol. The Morgan fingerprint density at radius 1 is 1.08 bits per heavy atom. The summed E-state index contributed by atoms with van der Waals surface area (Å²) in [7, 11) is 0. The summed E-state index contributed by atoms with van der Waals surface area (Å²) in [5.74, 6) is -2.38. The van der Waals surface area contributed by atoms with Crippen molar-refractivity contribution < 1.29 is 24.6 Å².